The third kappa shape index (κ3) is 4.13. The first-order valence-corrected chi connectivity index (χ1v) is 9.81. The lowest BCUT2D eigenvalue weighted by molar-refractivity contribution is -0.126. The Morgan fingerprint density at radius 2 is 1.81 bits per heavy atom. The number of carbonyl (C=O) groups excluding carboxylic acids is 3. The van der Waals surface area contributed by atoms with E-state index in [0.29, 0.717) is 19.6 Å². The number of fused-ring (bicyclic) bond motifs is 1. The van der Waals surface area contributed by atoms with Gasteiger partial charge in [-0.3, -0.25) is 19.3 Å². The molecule has 2 heterocycles. The number of nitrogens with one attached hydrogen (secondary N) is 1. The molecule has 0 bridgehead atoms. The second kappa shape index (κ2) is 8.17. The van der Waals surface area contributed by atoms with Crippen molar-refractivity contribution in [2.24, 2.45) is 5.92 Å². The van der Waals surface area contributed by atoms with Gasteiger partial charge in [0.05, 0.1) is 27.3 Å². The Kier molecular flexibility index (Phi) is 6.08. The molecule has 2 unspecified atom stereocenters. The maximum Gasteiger partial charge on any atom is 0.262 e. The highest BCUT2D eigenvalue weighted by Gasteiger charge is 2.43. The Balaban J connectivity index is 1.83. The second-order valence-electron chi connectivity index (χ2n) is 7.32. The first-order valence-electron chi connectivity index (χ1n) is 9.05. The molecule has 1 N–H and O–H groups in total. The summed E-state index contributed by atoms with van der Waals surface area (Å²) in [6, 6.07) is 1.88. The van der Waals surface area contributed by atoms with Crippen molar-refractivity contribution in [2.75, 3.05) is 13.2 Å². The van der Waals surface area contributed by atoms with Crippen LogP contribution in [-0.4, -0.2) is 47.9 Å². The van der Waals surface area contributed by atoms with Crippen molar-refractivity contribution in [1.82, 2.24) is 10.2 Å². The van der Waals surface area contributed by atoms with E-state index in [4.69, 9.17) is 27.9 Å². The van der Waals surface area contributed by atoms with E-state index in [-0.39, 0.29) is 39.1 Å². The normalized spacial score (nSPS) is 20.3. The summed E-state index contributed by atoms with van der Waals surface area (Å²) in [6.07, 6.45) is 2.20. The van der Waals surface area contributed by atoms with Gasteiger partial charge in [-0.2, -0.15) is 0 Å². The van der Waals surface area contributed by atoms with Crippen LogP contribution in [0.3, 0.4) is 0 Å². The fraction of sp³-hybridized carbons (Fsp3) is 0.526. The number of rotatable bonds is 6. The van der Waals surface area contributed by atoms with Gasteiger partial charge in [-0.15, -0.1) is 0 Å². The third-order valence-corrected chi connectivity index (χ3v) is 5.52. The zero-order valence-electron chi connectivity index (χ0n) is 15.3. The predicted molar refractivity (Wildman–Crippen MR) is 102 cm³/mol. The number of halogens is 2. The van der Waals surface area contributed by atoms with Crippen LogP contribution in [0.1, 0.15) is 53.8 Å². The summed E-state index contributed by atoms with van der Waals surface area (Å²) >= 11 is 12.0. The van der Waals surface area contributed by atoms with E-state index in [0.717, 1.165) is 17.7 Å². The van der Waals surface area contributed by atoms with Crippen LogP contribution in [0, 0.1) is 5.92 Å². The Morgan fingerprint density at radius 1 is 1.22 bits per heavy atom. The monoisotopic (exact) mass is 412 g/mol. The van der Waals surface area contributed by atoms with Gasteiger partial charge in [0.25, 0.3) is 11.8 Å². The molecule has 0 radical (unpaired) electrons. The van der Waals surface area contributed by atoms with E-state index < -0.39 is 17.9 Å². The number of carbonyl (C=O) groups is 3. The van der Waals surface area contributed by atoms with Crippen molar-refractivity contribution in [3.8, 4) is 0 Å². The summed E-state index contributed by atoms with van der Waals surface area (Å²) in [7, 11) is 0. The first kappa shape index (κ1) is 20.1. The van der Waals surface area contributed by atoms with Gasteiger partial charge in [-0.05, 0) is 37.3 Å². The molecule has 0 aliphatic carbocycles. The minimum Gasteiger partial charge on any atom is -0.376 e. The summed E-state index contributed by atoms with van der Waals surface area (Å²) in [6.45, 7) is 4.93. The Morgan fingerprint density at radius 3 is 2.30 bits per heavy atom. The van der Waals surface area contributed by atoms with Gasteiger partial charge in [0, 0.05) is 13.2 Å². The van der Waals surface area contributed by atoms with E-state index >= 15 is 0 Å². The average molecular weight is 413 g/mol. The topological polar surface area (TPSA) is 75.7 Å². The SMILES string of the molecule is CC(C)CC(C(=O)NCC1CCCO1)N1C(=O)c2cc(Cl)c(Cl)cc2C1=O. The zero-order chi connectivity index (χ0) is 19.7. The zero-order valence-corrected chi connectivity index (χ0v) is 16.8. The summed E-state index contributed by atoms with van der Waals surface area (Å²) in [5.74, 6) is -1.29. The Labute approximate surface area is 168 Å². The van der Waals surface area contributed by atoms with E-state index in [1.54, 1.807) is 0 Å². The molecule has 0 spiro atoms. The molecule has 3 rings (SSSR count). The number of amides is 3. The molecule has 146 valence electrons. The lowest BCUT2D eigenvalue weighted by Crippen LogP contribution is -2.51. The van der Waals surface area contributed by atoms with Gasteiger partial charge in [0.2, 0.25) is 5.91 Å². The van der Waals surface area contributed by atoms with E-state index in [1.807, 2.05) is 13.8 Å². The van der Waals surface area contributed by atoms with Crippen LogP contribution in [0.25, 0.3) is 0 Å². The molecule has 2 aliphatic rings. The van der Waals surface area contributed by atoms with Crippen LogP contribution in [0.2, 0.25) is 10.0 Å². The van der Waals surface area contributed by atoms with Crippen molar-refractivity contribution >= 4 is 40.9 Å². The van der Waals surface area contributed by atoms with Gasteiger partial charge in [0.1, 0.15) is 6.04 Å². The van der Waals surface area contributed by atoms with Crippen LogP contribution >= 0.6 is 23.2 Å². The minimum atomic E-state index is -0.892. The molecule has 1 saturated heterocycles. The lowest BCUT2D eigenvalue weighted by atomic mass is 10.0. The molecule has 8 heteroatoms. The largest absolute Gasteiger partial charge is 0.376 e. The molecule has 1 aromatic rings. The molecule has 3 amide bonds. The van der Waals surface area contributed by atoms with E-state index in [9.17, 15) is 14.4 Å². The van der Waals surface area contributed by atoms with Gasteiger partial charge < -0.3 is 10.1 Å². The van der Waals surface area contributed by atoms with Gasteiger partial charge >= 0.3 is 0 Å². The summed E-state index contributed by atoms with van der Waals surface area (Å²) in [4.78, 5) is 39.6. The van der Waals surface area contributed by atoms with Gasteiger partial charge in [-0.1, -0.05) is 37.0 Å². The van der Waals surface area contributed by atoms with Crippen molar-refractivity contribution in [3.63, 3.8) is 0 Å². The van der Waals surface area contributed by atoms with Crippen molar-refractivity contribution in [3.05, 3.63) is 33.3 Å². The maximum absolute atomic E-state index is 12.9. The molecule has 0 aromatic heterocycles. The van der Waals surface area contributed by atoms with Crippen molar-refractivity contribution in [1.29, 1.82) is 0 Å². The molecule has 2 atom stereocenters. The molecule has 1 fully saturated rings. The third-order valence-electron chi connectivity index (χ3n) is 4.80. The average Bonchev–Trinajstić information content (AvgIpc) is 3.20. The number of hydrogen-bond donors (Lipinski definition) is 1. The minimum absolute atomic E-state index is 0.0200. The maximum atomic E-state index is 12.9. The standard InChI is InChI=1S/C19H22Cl2N2O4/c1-10(2)6-16(17(24)22-9-11-4-3-5-27-11)23-18(25)12-7-14(20)15(21)8-13(12)19(23)26/h7-8,10-11,16H,3-6,9H2,1-2H3,(H,22,24). The number of ether oxygens (including phenoxy) is 1. The summed E-state index contributed by atoms with van der Waals surface area (Å²) < 4.78 is 5.52. The highest BCUT2D eigenvalue weighted by atomic mass is 35.5. The number of hydrogen-bond acceptors (Lipinski definition) is 4. The fourth-order valence-corrected chi connectivity index (χ4v) is 3.78. The smallest absolute Gasteiger partial charge is 0.262 e. The number of nitrogens with zero attached hydrogens (tertiary/aromatic N) is 1. The molecule has 2 aliphatic heterocycles. The molecular formula is C19H22Cl2N2O4. The van der Waals surface area contributed by atoms with Gasteiger partial charge in [-0.25, -0.2) is 0 Å². The van der Waals surface area contributed by atoms with E-state index in [1.165, 1.54) is 12.1 Å². The number of imide groups is 1. The highest BCUT2D eigenvalue weighted by molar-refractivity contribution is 6.43. The van der Waals surface area contributed by atoms with Crippen molar-refractivity contribution in [2.45, 2.75) is 45.3 Å². The highest BCUT2D eigenvalue weighted by Crippen LogP contribution is 2.33. The molecular weight excluding hydrogens is 391 g/mol. The predicted octanol–water partition coefficient (Wildman–Crippen LogP) is 3.30. The Hall–Kier alpha value is -1.63. The summed E-state index contributed by atoms with van der Waals surface area (Å²) in [5, 5.41) is 3.23. The van der Waals surface area contributed by atoms with Crippen LogP contribution in [0.15, 0.2) is 12.1 Å². The van der Waals surface area contributed by atoms with Gasteiger partial charge in [0.15, 0.2) is 0 Å². The van der Waals surface area contributed by atoms with Crippen molar-refractivity contribution < 1.29 is 19.1 Å². The molecule has 0 saturated carbocycles. The van der Waals surface area contributed by atoms with E-state index in [2.05, 4.69) is 5.32 Å². The van der Waals surface area contributed by atoms with Crippen LogP contribution in [-0.2, 0) is 9.53 Å². The quantitative estimate of drug-likeness (QED) is 0.727. The fourth-order valence-electron chi connectivity index (χ4n) is 3.45. The van der Waals surface area contributed by atoms with Crippen LogP contribution in [0.5, 0.6) is 0 Å². The number of benzene rings is 1. The molecule has 6 nitrogen and oxygen atoms in total. The second-order valence-corrected chi connectivity index (χ2v) is 8.13. The summed E-state index contributed by atoms with van der Waals surface area (Å²) in [5.41, 5.74) is 0.352. The lowest BCUT2D eigenvalue weighted by Gasteiger charge is -2.27. The Bertz CT molecular complexity index is 734. The molecule has 1 aromatic carbocycles. The van der Waals surface area contributed by atoms with Crippen LogP contribution < -0.4 is 5.32 Å². The molecule has 27 heavy (non-hydrogen) atoms. The van der Waals surface area contributed by atoms with Crippen LogP contribution in [0.4, 0.5) is 0 Å². The first-order chi connectivity index (χ1) is 12.8.